The second kappa shape index (κ2) is 6.44. The van der Waals surface area contributed by atoms with Crippen LogP contribution in [0.5, 0.6) is 0 Å². The fourth-order valence-electron chi connectivity index (χ4n) is 2.46. The van der Waals surface area contributed by atoms with Gasteiger partial charge in [0.2, 0.25) is 0 Å². The number of aliphatic hydroxyl groups is 1. The molecule has 0 spiro atoms. The molecule has 1 aromatic carbocycles. The van der Waals surface area contributed by atoms with E-state index in [4.69, 9.17) is 11.6 Å². The molecule has 2 rings (SSSR count). The Bertz CT molecular complexity index is 403. The summed E-state index contributed by atoms with van der Waals surface area (Å²) in [5.41, 5.74) is 0.511. The molecular formula is C14H19ClINO. The zero-order valence-electron chi connectivity index (χ0n) is 10.4. The van der Waals surface area contributed by atoms with Crippen molar-refractivity contribution in [1.29, 1.82) is 0 Å². The van der Waals surface area contributed by atoms with Crippen molar-refractivity contribution in [3.63, 3.8) is 0 Å². The van der Waals surface area contributed by atoms with E-state index in [-0.39, 0.29) is 0 Å². The normalized spacial score (nSPS) is 19.3. The van der Waals surface area contributed by atoms with Gasteiger partial charge in [-0.25, -0.2) is 0 Å². The van der Waals surface area contributed by atoms with E-state index in [0.717, 1.165) is 40.0 Å². The molecule has 0 saturated heterocycles. The number of hydrogen-bond donors (Lipinski definition) is 2. The molecule has 1 aromatic rings. The third-order valence-electron chi connectivity index (χ3n) is 3.57. The Morgan fingerprint density at radius 3 is 2.50 bits per heavy atom. The number of benzene rings is 1. The number of hydrogen-bond acceptors (Lipinski definition) is 2. The predicted molar refractivity (Wildman–Crippen MR) is 85.3 cm³/mol. The van der Waals surface area contributed by atoms with Gasteiger partial charge in [0.15, 0.2) is 0 Å². The van der Waals surface area contributed by atoms with Crippen LogP contribution in [0.25, 0.3) is 0 Å². The second-order valence-electron chi connectivity index (χ2n) is 5.12. The Morgan fingerprint density at radius 2 is 1.89 bits per heavy atom. The first-order valence-electron chi connectivity index (χ1n) is 6.50. The summed E-state index contributed by atoms with van der Waals surface area (Å²) in [5, 5.41) is 14.7. The highest BCUT2D eigenvalue weighted by atomic mass is 127. The minimum absolute atomic E-state index is 0.542. The zero-order valence-corrected chi connectivity index (χ0v) is 13.3. The summed E-state index contributed by atoms with van der Waals surface area (Å²) in [6.07, 6.45) is 6.59. The van der Waals surface area contributed by atoms with Crippen LogP contribution in [-0.4, -0.2) is 17.3 Å². The van der Waals surface area contributed by atoms with Gasteiger partial charge in [0, 0.05) is 20.8 Å². The lowest BCUT2D eigenvalue weighted by atomic mass is 9.94. The third-order valence-corrected chi connectivity index (χ3v) is 4.70. The molecule has 0 bridgehead atoms. The van der Waals surface area contributed by atoms with Crippen molar-refractivity contribution in [2.24, 2.45) is 0 Å². The summed E-state index contributed by atoms with van der Waals surface area (Å²) in [6, 6.07) is 5.79. The SMILES string of the molecule is OC1(CNc2ccc(Cl)cc2I)CCCCCC1. The standard InChI is InChI=1S/C14H19ClINO/c15-11-5-6-13(12(16)9-11)17-10-14(18)7-3-1-2-4-8-14/h5-6,9,17-18H,1-4,7-8,10H2. The first-order chi connectivity index (χ1) is 8.59. The fourth-order valence-corrected chi connectivity index (χ4v) is 3.52. The zero-order chi connectivity index (χ0) is 13.0. The van der Waals surface area contributed by atoms with Gasteiger partial charge in [-0.15, -0.1) is 0 Å². The summed E-state index contributed by atoms with van der Waals surface area (Å²) in [5.74, 6) is 0. The Hall–Kier alpha value is -0.000000000000000111. The van der Waals surface area contributed by atoms with E-state index >= 15 is 0 Å². The van der Waals surface area contributed by atoms with Crippen molar-refractivity contribution in [2.45, 2.75) is 44.1 Å². The third kappa shape index (κ3) is 4.00. The van der Waals surface area contributed by atoms with Crippen molar-refractivity contribution >= 4 is 39.9 Å². The van der Waals surface area contributed by atoms with E-state index < -0.39 is 5.60 Å². The van der Waals surface area contributed by atoms with Crippen molar-refractivity contribution < 1.29 is 5.11 Å². The van der Waals surface area contributed by atoms with Crippen molar-refractivity contribution in [2.75, 3.05) is 11.9 Å². The summed E-state index contributed by atoms with van der Waals surface area (Å²) >= 11 is 8.20. The van der Waals surface area contributed by atoms with Crippen molar-refractivity contribution in [3.05, 3.63) is 26.8 Å². The van der Waals surface area contributed by atoms with Crippen LogP contribution in [0.2, 0.25) is 5.02 Å². The van der Waals surface area contributed by atoms with Gasteiger partial charge in [0.05, 0.1) is 5.60 Å². The molecule has 0 unspecified atom stereocenters. The average molecular weight is 380 g/mol. The highest BCUT2D eigenvalue weighted by Gasteiger charge is 2.27. The first kappa shape index (κ1) is 14.4. The summed E-state index contributed by atoms with van der Waals surface area (Å²) in [6.45, 7) is 0.630. The van der Waals surface area contributed by atoms with E-state index in [1.165, 1.54) is 12.8 Å². The number of halogens is 2. The van der Waals surface area contributed by atoms with Crippen LogP contribution in [0.1, 0.15) is 38.5 Å². The molecule has 0 aliphatic heterocycles. The topological polar surface area (TPSA) is 32.3 Å². The molecule has 1 fully saturated rings. The maximum atomic E-state index is 10.6. The van der Waals surface area contributed by atoms with Crippen LogP contribution in [0, 0.1) is 3.57 Å². The highest BCUT2D eigenvalue weighted by Crippen LogP contribution is 2.28. The van der Waals surface area contributed by atoms with E-state index in [1.54, 1.807) is 0 Å². The Balaban J connectivity index is 1.97. The minimum atomic E-state index is -0.542. The van der Waals surface area contributed by atoms with E-state index in [9.17, 15) is 5.11 Å². The lowest BCUT2D eigenvalue weighted by Crippen LogP contribution is -2.36. The average Bonchev–Trinajstić information content (AvgIpc) is 2.54. The number of anilines is 1. The molecule has 0 radical (unpaired) electrons. The first-order valence-corrected chi connectivity index (χ1v) is 7.96. The summed E-state index contributed by atoms with van der Waals surface area (Å²) in [4.78, 5) is 0. The number of rotatable bonds is 3. The minimum Gasteiger partial charge on any atom is -0.388 e. The largest absolute Gasteiger partial charge is 0.388 e. The lowest BCUT2D eigenvalue weighted by molar-refractivity contribution is 0.0381. The van der Waals surface area contributed by atoms with Crippen LogP contribution < -0.4 is 5.32 Å². The molecule has 18 heavy (non-hydrogen) atoms. The molecule has 0 amide bonds. The molecule has 0 heterocycles. The fraction of sp³-hybridized carbons (Fsp3) is 0.571. The molecule has 2 N–H and O–H groups in total. The smallest absolute Gasteiger partial charge is 0.0819 e. The maximum absolute atomic E-state index is 10.6. The molecule has 2 nitrogen and oxygen atoms in total. The van der Waals surface area contributed by atoms with Crippen LogP contribution in [-0.2, 0) is 0 Å². The molecule has 0 atom stereocenters. The lowest BCUT2D eigenvalue weighted by Gasteiger charge is -2.27. The predicted octanol–water partition coefficient (Wildman–Crippen LogP) is 4.44. The van der Waals surface area contributed by atoms with Gasteiger partial charge in [0.1, 0.15) is 0 Å². The Morgan fingerprint density at radius 1 is 1.22 bits per heavy atom. The van der Waals surface area contributed by atoms with Gasteiger partial charge in [-0.05, 0) is 53.6 Å². The van der Waals surface area contributed by atoms with Gasteiger partial charge in [-0.1, -0.05) is 37.3 Å². The molecule has 1 aliphatic rings. The van der Waals surface area contributed by atoms with Gasteiger partial charge >= 0.3 is 0 Å². The van der Waals surface area contributed by atoms with E-state index in [0.29, 0.717) is 6.54 Å². The molecule has 1 aliphatic carbocycles. The quantitative estimate of drug-likeness (QED) is 0.601. The monoisotopic (exact) mass is 379 g/mol. The molecule has 1 saturated carbocycles. The van der Waals surface area contributed by atoms with E-state index in [2.05, 4.69) is 27.9 Å². The maximum Gasteiger partial charge on any atom is 0.0819 e. The van der Waals surface area contributed by atoms with Gasteiger partial charge < -0.3 is 10.4 Å². The second-order valence-corrected chi connectivity index (χ2v) is 6.71. The molecular weight excluding hydrogens is 361 g/mol. The van der Waals surface area contributed by atoms with E-state index in [1.807, 2.05) is 18.2 Å². The summed E-state index contributed by atoms with van der Waals surface area (Å²) < 4.78 is 1.09. The summed E-state index contributed by atoms with van der Waals surface area (Å²) in [7, 11) is 0. The van der Waals surface area contributed by atoms with Crippen LogP contribution in [0.3, 0.4) is 0 Å². The van der Waals surface area contributed by atoms with Gasteiger partial charge in [-0.2, -0.15) is 0 Å². The van der Waals surface area contributed by atoms with Crippen molar-refractivity contribution in [3.8, 4) is 0 Å². The number of nitrogens with one attached hydrogen (secondary N) is 1. The van der Waals surface area contributed by atoms with Crippen LogP contribution in [0.4, 0.5) is 5.69 Å². The molecule has 0 aromatic heterocycles. The van der Waals surface area contributed by atoms with Crippen molar-refractivity contribution in [1.82, 2.24) is 0 Å². The van der Waals surface area contributed by atoms with Gasteiger partial charge in [-0.3, -0.25) is 0 Å². The van der Waals surface area contributed by atoms with Gasteiger partial charge in [0.25, 0.3) is 0 Å². The highest BCUT2D eigenvalue weighted by molar-refractivity contribution is 14.1. The molecule has 100 valence electrons. The Labute approximate surface area is 127 Å². The van der Waals surface area contributed by atoms with Crippen LogP contribution >= 0.6 is 34.2 Å². The van der Waals surface area contributed by atoms with Crippen LogP contribution in [0.15, 0.2) is 18.2 Å². The molecule has 4 heteroatoms. The Kier molecular flexibility index (Phi) is 5.15.